The van der Waals surface area contributed by atoms with E-state index in [9.17, 15) is 0 Å². The molecule has 0 radical (unpaired) electrons. The average Bonchev–Trinajstić information content (AvgIpc) is 2.03. The Morgan fingerprint density at radius 1 is 1.36 bits per heavy atom. The normalized spacial score (nSPS) is 12.6. The molecule has 0 rings (SSSR count). The zero-order valence-electron chi connectivity index (χ0n) is 9.59. The molecule has 14 heavy (non-hydrogen) atoms. The lowest BCUT2D eigenvalue weighted by Gasteiger charge is -2.20. The van der Waals surface area contributed by atoms with Gasteiger partial charge in [-0.3, -0.25) is 0 Å². The van der Waals surface area contributed by atoms with Crippen LogP contribution >= 0.6 is 12.2 Å². The lowest BCUT2D eigenvalue weighted by Crippen LogP contribution is -2.46. The van der Waals surface area contributed by atoms with E-state index >= 15 is 0 Å². The van der Waals surface area contributed by atoms with E-state index in [1.807, 2.05) is 0 Å². The number of hydrogen-bond acceptors (Lipinski definition) is 2. The van der Waals surface area contributed by atoms with Crippen LogP contribution in [0.4, 0.5) is 0 Å². The van der Waals surface area contributed by atoms with Gasteiger partial charge in [-0.1, -0.05) is 13.3 Å². The first-order valence-corrected chi connectivity index (χ1v) is 5.56. The van der Waals surface area contributed by atoms with Crippen LogP contribution in [0.15, 0.2) is 0 Å². The van der Waals surface area contributed by atoms with Gasteiger partial charge in [0.25, 0.3) is 0 Å². The first kappa shape index (κ1) is 13.7. The molecule has 3 nitrogen and oxygen atoms in total. The first-order chi connectivity index (χ1) is 6.60. The predicted octanol–water partition coefficient (Wildman–Crippen LogP) is 1.67. The summed E-state index contributed by atoms with van der Waals surface area (Å²) < 4.78 is 5.11. The van der Waals surface area contributed by atoms with Crippen molar-refractivity contribution in [1.29, 1.82) is 0 Å². The zero-order valence-corrected chi connectivity index (χ0v) is 10.4. The molecule has 0 amide bonds. The van der Waals surface area contributed by atoms with Gasteiger partial charge in [0.1, 0.15) is 0 Å². The molecule has 0 spiro atoms. The molecule has 0 aliphatic rings. The Morgan fingerprint density at radius 3 is 2.43 bits per heavy atom. The van der Waals surface area contributed by atoms with Crippen molar-refractivity contribution in [2.75, 3.05) is 13.7 Å². The largest absolute Gasteiger partial charge is 0.383 e. The van der Waals surface area contributed by atoms with E-state index in [0.29, 0.717) is 18.7 Å². The van der Waals surface area contributed by atoms with E-state index in [1.54, 1.807) is 7.11 Å². The van der Waals surface area contributed by atoms with Crippen molar-refractivity contribution in [2.24, 2.45) is 0 Å². The third-order valence-corrected chi connectivity index (χ3v) is 2.00. The van der Waals surface area contributed by atoms with E-state index in [1.165, 1.54) is 0 Å². The maximum atomic E-state index is 5.16. The molecule has 0 aliphatic heterocycles. The molecule has 0 saturated carbocycles. The lowest BCUT2D eigenvalue weighted by molar-refractivity contribution is 0.169. The summed E-state index contributed by atoms with van der Waals surface area (Å²) in [6, 6.07) is 0.698. The van der Waals surface area contributed by atoms with Crippen LogP contribution in [-0.2, 0) is 4.74 Å². The minimum atomic E-state index is 0.323. The number of rotatable bonds is 6. The van der Waals surface area contributed by atoms with Crippen LogP contribution in [0.3, 0.4) is 0 Å². The number of thiocarbonyl (C=S) groups is 1. The van der Waals surface area contributed by atoms with Crippen molar-refractivity contribution in [1.82, 2.24) is 10.6 Å². The highest BCUT2D eigenvalue weighted by atomic mass is 32.1. The maximum Gasteiger partial charge on any atom is 0.166 e. The van der Waals surface area contributed by atoms with Crippen LogP contribution in [0, 0.1) is 0 Å². The third kappa shape index (κ3) is 7.09. The standard InChI is InChI=1S/C10H22N2OS/c1-5-6-9(7-13-4)12-10(14)11-8(2)3/h8-9H,5-7H2,1-4H3,(H2,11,12,14). The molecular formula is C10H22N2OS. The van der Waals surface area contributed by atoms with Crippen molar-refractivity contribution in [3.63, 3.8) is 0 Å². The van der Waals surface area contributed by atoms with E-state index in [2.05, 4.69) is 31.4 Å². The summed E-state index contributed by atoms with van der Waals surface area (Å²) in [5.41, 5.74) is 0. The second kappa shape index (κ2) is 8.00. The molecule has 0 heterocycles. The summed E-state index contributed by atoms with van der Waals surface area (Å²) >= 11 is 5.16. The molecule has 1 unspecified atom stereocenters. The van der Waals surface area contributed by atoms with Gasteiger partial charge in [-0.05, 0) is 32.5 Å². The number of hydrogen-bond donors (Lipinski definition) is 2. The SMILES string of the molecule is CCCC(COC)NC(=S)NC(C)C. The molecule has 84 valence electrons. The van der Waals surface area contributed by atoms with Gasteiger partial charge in [0.2, 0.25) is 0 Å². The van der Waals surface area contributed by atoms with Crippen LogP contribution < -0.4 is 10.6 Å². The Bertz CT molecular complexity index is 156. The van der Waals surface area contributed by atoms with Crippen molar-refractivity contribution in [3.05, 3.63) is 0 Å². The van der Waals surface area contributed by atoms with Crippen LogP contribution in [0.1, 0.15) is 33.6 Å². The van der Waals surface area contributed by atoms with Crippen LogP contribution in [0.2, 0.25) is 0 Å². The molecule has 4 heteroatoms. The van der Waals surface area contributed by atoms with Gasteiger partial charge < -0.3 is 15.4 Å². The Hall–Kier alpha value is -0.350. The smallest absolute Gasteiger partial charge is 0.166 e. The van der Waals surface area contributed by atoms with Crippen molar-refractivity contribution in [3.8, 4) is 0 Å². The lowest BCUT2D eigenvalue weighted by atomic mass is 10.2. The summed E-state index contributed by atoms with van der Waals surface area (Å²) in [7, 11) is 1.71. The fourth-order valence-corrected chi connectivity index (χ4v) is 1.64. The van der Waals surface area contributed by atoms with E-state index in [0.717, 1.165) is 18.0 Å². The Balaban J connectivity index is 3.82. The summed E-state index contributed by atoms with van der Waals surface area (Å²) in [6.45, 7) is 7.00. The van der Waals surface area contributed by atoms with Gasteiger partial charge >= 0.3 is 0 Å². The monoisotopic (exact) mass is 218 g/mol. The van der Waals surface area contributed by atoms with Crippen molar-refractivity contribution >= 4 is 17.3 Å². The minimum absolute atomic E-state index is 0.323. The summed E-state index contributed by atoms with van der Waals surface area (Å²) in [4.78, 5) is 0. The summed E-state index contributed by atoms with van der Waals surface area (Å²) in [6.07, 6.45) is 2.21. The molecule has 0 aromatic rings. The third-order valence-electron chi connectivity index (χ3n) is 1.76. The maximum absolute atomic E-state index is 5.16. The fourth-order valence-electron chi connectivity index (χ4n) is 1.24. The average molecular weight is 218 g/mol. The molecule has 0 fully saturated rings. The van der Waals surface area contributed by atoms with Gasteiger partial charge in [-0.15, -0.1) is 0 Å². The van der Waals surface area contributed by atoms with Gasteiger partial charge in [-0.2, -0.15) is 0 Å². The fraction of sp³-hybridized carbons (Fsp3) is 0.900. The van der Waals surface area contributed by atoms with Gasteiger partial charge in [0.15, 0.2) is 5.11 Å². The molecule has 0 aliphatic carbocycles. The van der Waals surface area contributed by atoms with E-state index in [-0.39, 0.29) is 0 Å². The molecule has 0 saturated heterocycles. The highest BCUT2D eigenvalue weighted by molar-refractivity contribution is 7.80. The molecule has 2 N–H and O–H groups in total. The van der Waals surface area contributed by atoms with Crippen LogP contribution in [-0.4, -0.2) is 30.9 Å². The topological polar surface area (TPSA) is 33.3 Å². The van der Waals surface area contributed by atoms with Crippen LogP contribution in [0.25, 0.3) is 0 Å². The molecule has 0 bridgehead atoms. The summed E-state index contributed by atoms with van der Waals surface area (Å²) in [5.74, 6) is 0. The zero-order chi connectivity index (χ0) is 11.0. The molecule has 0 aromatic carbocycles. The van der Waals surface area contributed by atoms with Gasteiger partial charge in [0, 0.05) is 13.2 Å². The minimum Gasteiger partial charge on any atom is -0.383 e. The van der Waals surface area contributed by atoms with Crippen molar-refractivity contribution < 1.29 is 4.74 Å². The highest BCUT2D eigenvalue weighted by Crippen LogP contribution is 1.97. The van der Waals surface area contributed by atoms with Crippen molar-refractivity contribution in [2.45, 2.75) is 45.7 Å². The second-order valence-electron chi connectivity index (χ2n) is 3.71. The first-order valence-electron chi connectivity index (χ1n) is 5.16. The molecular weight excluding hydrogens is 196 g/mol. The molecule has 0 aromatic heterocycles. The van der Waals surface area contributed by atoms with Gasteiger partial charge in [0.05, 0.1) is 12.6 Å². The second-order valence-corrected chi connectivity index (χ2v) is 4.12. The highest BCUT2D eigenvalue weighted by Gasteiger charge is 2.08. The Kier molecular flexibility index (Phi) is 7.80. The predicted molar refractivity (Wildman–Crippen MR) is 64.6 cm³/mol. The quantitative estimate of drug-likeness (QED) is 0.665. The number of ether oxygens (including phenoxy) is 1. The molecule has 1 atom stereocenters. The Morgan fingerprint density at radius 2 is 2.00 bits per heavy atom. The Labute approximate surface area is 92.6 Å². The van der Waals surface area contributed by atoms with E-state index < -0.39 is 0 Å². The van der Waals surface area contributed by atoms with Gasteiger partial charge in [-0.25, -0.2) is 0 Å². The number of methoxy groups -OCH3 is 1. The summed E-state index contributed by atoms with van der Waals surface area (Å²) in [5, 5.41) is 7.12. The van der Waals surface area contributed by atoms with Crippen LogP contribution in [0.5, 0.6) is 0 Å². The van der Waals surface area contributed by atoms with E-state index in [4.69, 9.17) is 17.0 Å². The number of nitrogens with one attached hydrogen (secondary N) is 2.